The van der Waals surface area contributed by atoms with Crippen molar-refractivity contribution in [3.8, 4) is 5.75 Å². The second-order valence-electron chi connectivity index (χ2n) is 5.03. The third-order valence-electron chi connectivity index (χ3n) is 2.72. The quantitative estimate of drug-likeness (QED) is 0.664. The summed E-state index contributed by atoms with van der Waals surface area (Å²) in [5, 5.41) is 15.7. The van der Waals surface area contributed by atoms with Crippen LogP contribution in [0.4, 0.5) is 0 Å². The standard InChI is InChI=1S/C15H23BrN2O3/c1-4-17-15(20)11-5-6-14(13(16)7-11)21-9-12(19)8-18-10(2)3/h5-7,10,12,18-19H,4,8-9H2,1-3H3,(H,17,20)/t12-/m0/s1. The molecule has 1 aromatic carbocycles. The van der Waals surface area contributed by atoms with Crippen LogP contribution in [0.2, 0.25) is 0 Å². The van der Waals surface area contributed by atoms with E-state index in [0.717, 1.165) is 0 Å². The number of aliphatic hydroxyl groups is 1. The molecule has 3 N–H and O–H groups in total. The molecule has 0 saturated heterocycles. The lowest BCUT2D eigenvalue weighted by atomic mass is 10.2. The SMILES string of the molecule is CCNC(=O)c1ccc(OC[C@@H](O)CNC(C)C)c(Br)c1. The summed E-state index contributed by atoms with van der Waals surface area (Å²) in [6.45, 7) is 7.17. The zero-order valence-electron chi connectivity index (χ0n) is 12.6. The molecule has 1 aromatic rings. The highest BCUT2D eigenvalue weighted by Crippen LogP contribution is 2.26. The lowest BCUT2D eigenvalue weighted by molar-refractivity contribution is 0.0954. The number of carbonyl (C=O) groups excluding carboxylic acids is 1. The van der Waals surface area contributed by atoms with Crippen LogP contribution in [0.15, 0.2) is 22.7 Å². The number of ether oxygens (including phenoxy) is 1. The van der Waals surface area contributed by atoms with E-state index in [1.807, 2.05) is 20.8 Å². The van der Waals surface area contributed by atoms with Crippen molar-refractivity contribution in [1.82, 2.24) is 10.6 Å². The van der Waals surface area contributed by atoms with Crippen LogP contribution in [-0.2, 0) is 0 Å². The summed E-state index contributed by atoms with van der Waals surface area (Å²) in [6, 6.07) is 5.45. The van der Waals surface area contributed by atoms with Crippen molar-refractivity contribution in [2.24, 2.45) is 0 Å². The van der Waals surface area contributed by atoms with Crippen molar-refractivity contribution < 1.29 is 14.6 Å². The van der Waals surface area contributed by atoms with Gasteiger partial charge in [-0.15, -0.1) is 0 Å². The number of benzene rings is 1. The maximum absolute atomic E-state index is 11.7. The molecule has 1 rings (SSSR count). The average molecular weight is 359 g/mol. The summed E-state index contributed by atoms with van der Waals surface area (Å²) in [5.41, 5.74) is 0.568. The van der Waals surface area contributed by atoms with Crippen molar-refractivity contribution in [3.05, 3.63) is 28.2 Å². The molecule has 0 aliphatic heterocycles. The molecule has 0 heterocycles. The largest absolute Gasteiger partial charge is 0.490 e. The van der Waals surface area contributed by atoms with Gasteiger partial charge >= 0.3 is 0 Å². The number of aliphatic hydroxyl groups excluding tert-OH is 1. The summed E-state index contributed by atoms with van der Waals surface area (Å²) >= 11 is 3.38. The highest BCUT2D eigenvalue weighted by atomic mass is 79.9. The van der Waals surface area contributed by atoms with Crippen molar-refractivity contribution in [2.75, 3.05) is 19.7 Å². The zero-order chi connectivity index (χ0) is 15.8. The number of halogens is 1. The number of amides is 1. The zero-order valence-corrected chi connectivity index (χ0v) is 14.2. The summed E-state index contributed by atoms with van der Waals surface area (Å²) in [7, 11) is 0. The monoisotopic (exact) mass is 358 g/mol. The molecule has 1 amide bonds. The fraction of sp³-hybridized carbons (Fsp3) is 0.533. The van der Waals surface area contributed by atoms with Gasteiger partial charge in [-0.25, -0.2) is 0 Å². The van der Waals surface area contributed by atoms with Gasteiger partial charge in [-0.1, -0.05) is 13.8 Å². The van der Waals surface area contributed by atoms with Gasteiger partial charge in [0.1, 0.15) is 18.5 Å². The molecular weight excluding hydrogens is 336 g/mol. The minimum Gasteiger partial charge on any atom is -0.490 e. The fourth-order valence-corrected chi connectivity index (χ4v) is 2.13. The van der Waals surface area contributed by atoms with E-state index < -0.39 is 6.10 Å². The number of hydrogen-bond acceptors (Lipinski definition) is 4. The van der Waals surface area contributed by atoms with Crippen LogP contribution >= 0.6 is 15.9 Å². The van der Waals surface area contributed by atoms with Gasteiger partial charge in [-0.3, -0.25) is 4.79 Å². The van der Waals surface area contributed by atoms with Crippen LogP contribution < -0.4 is 15.4 Å². The molecule has 0 bridgehead atoms. The summed E-state index contributed by atoms with van der Waals surface area (Å²) < 4.78 is 6.25. The molecule has 6 heteroatoms. The van der Waals surface area contributed by atoms with E-state index in [0.29, 0.717) is 34.9 Å². The van der Waals surface area contributed by atoms with Crippen LogP contribution in [0.25, 0.3) is 0 Å². The topological polar surface area (TPSA) is 70.6 Å². The fourth-order valence-electron chi connectivity index (χ4n) is 1.64. The van der Waals surface area contributed by atoms with E-state index in [1.54, 1.807) is 18.2 Å². The Balaban J connectivity index is 2.54. The Morgan fingerprint density at radius 3 is 2.71 bits per heavy atom. The summed E-state index contributed by atoms with van der Waals surface area (Å²) in [4.78, 5) is 11.7. The Hall–Kier alpha value is -1.11. The first-order chi connectivity index (χ1) is 9.93. The summed E-state index contributed by atoms with van der Waals surface area (Å²) in [5.74, 6) is 0.484. The van der Waals surface area contributed by atoms with E-state index in [-0.39, 0.29) is 12.5 Å². The minimum absolute atomic E-state index is 0.120. The Labute approximate surface area is 134 Å². The van der Waals surface area contributed by atoms with Gasteiger partial charge in [-0.05, 0) is 41.1 Å². The number of hydrogen-bond donors (Lipinski definition) is 3. The van der Waals surface area contributed by atoms with E-state index in [1.165, 1.54) is 0 Å². The molecule has 118 valence electrons. The van der Waals surface area contributed by atoms with Crippen LogP contribution in [-0.4, -0.2) is 42.9 Å². The molecule has 0 aliphatic carbocycles. The molecule has 0 fully saturated rings. The summed E-state index contributed by atoms with van der Waals surface area (Å²) in [6.07, 6.45) is -0.581. The molecule has 0 saturated carbocycles. The van der Waals surface area contributed by atoms with Gasteiger partial charge in [0.15, 0.2) is 0 Å². The first-order valence-electron chi connectivity index (χ1n) is 7.06. The molecule has 0 spiro atoms. The van der Waals surface area contributed by atoms with Gasteiger partial charge in [0.2, 0.25) is 0 Å². The van der Waals surface area contributed by atoms with E-state index in [4.69, 9.17) is 4.74 Å². The second kappa shape index (κ2) is 9.02. The van der Waals surface area contributed by atoms with E-state index in [2.05, 4.69) is 26.6 Å². The van der Waals surface area contributed by atoms with E-state index >= 15 is 0 Å². The number of carbonyl (C=O) groups is 1. The van der Waals surface area contributed by atoms with Gasteiger partial charge < -0.3 is 20.5 Å². The van der Waals surface area contributed by atoms with Gasteiger partial charge in [0.05, 0.1) is 4.47 Å². The molecule has 0 unspecified atom stereocenters. The van der Waals surface area contributed by atoms with Crippen molar-refractivity contribution >= 4 is 21.8 Å². The molecular formula is C15H23BrN2O3. The lowest BCUT2D eigenvalue weighted by Crippen LogP contribution is -2.35. The first-order valence-corrected chi connectivity index (χ1v) is 7.85. The Morgan fingerprint density at radius 2 is 2.14 bits per heavy atom. The second-order valence-corrected chi connectivity index (χ2v) is 5.89. The van der Waals surface area contributed by atoms with Crippen LogP contribution in [0.3, 0.4) is 0 Å². The number of rotatable bonds is 8. The predicted octanol–water partition coefficient (Wildman–Crippen LogP) is 1.94. The highest BCUT2D eigenvalue weighted by Gasteiger charge is 2.10. The van der Waals surface area contributed by atoms with Crippen molar-refractivity contribution in [3.63, 3.8) is 0 Å². The smallest absolute Gasteiger partial charge is 0.251 e. The third-order valence-corrected chi connectivity index (χ3v) is 3.34. The Morgan fingerprint density at radius 1 is 1.43 bits per heavy atom. The van der Waals surface area contributed by atoms with Crippen LogP contribution in [0.5, 0.6) is 5.75 Å². The number of nitrogens with one attached hydrogen (secondary N) is 2. The Bertz CT molecular complexity index is 466. The van der Waals surface area contributed by atoms with Crippen molar-refractivity contribution in [2.45, 2.75) is 32.9 Å². The predicted molar refractivity (Wildman–Crippen MR) is 86.8 cm³/mol. The third kappa shape index (κ3) is 6.46. The van der Waals surface area contributed by atoms with Gasteiger partial charge in [-0.2, -0.15) is 0 Å². The lowest BCUT2D eigenvalue weighted by Gasteiger charge is -2.16. The molecule has 21 heavy (non-hydrogen) atoms. The Kier molecular flexibility index (Phi) is 7.71. The highest BCUT2D eigenvalue weighted by molar-refractivity contribution is 9.10. The van der Waals surface area contributed by atoms with Crippen LogP contribution in [0, 0.1) is 0 Å². The average Bonchev–Trinajstić information content (AvgIpc) is 2.44. The molecule has 0 aliphatic rings. The van der Waals surface area contributed by atoms with Crippen LogP contribution in [0.1, 0.15) is 31.1 Å². The van der Waals surface area contributed by atoms with Gasteiger partial charge in [0.25, 0.3) is 5.91 Å². The molecule has 0 aromatic heterocycles. The molecule has 1 atom stereocenters. The van der Waals surface area contributed by atoms with Crippen molar-refractivity contribution in [1.29, 1.82) is 0 Å². The molecule has 0 radical (unpaired) electrons. The van der Waals surface area contributed by atoms with Gasteiger partial charge in [0, 0.05) is 24.7 Å². The maximum Gasteiger partial charge on any atom is 0.251 e. The molecule has 5 nitrogen and oxygen atoms in total. The minimum atomic E-state index is -0.581. The van der Waals surface area contributed by atoms with E-state index in [9.17, 15) is 9.90 Å². The first kappa shape index (κ1) is 17.9. The maximum atomic E-state index is 11.7. The normalized spacial score (nSPS) is 12.3.